The van der Waals surface area contributed by atoms with Crippen molar-refractivity contribution in [3.05, 3.63) is 210 Å². The standard InChI is InChI=1S/C48H33N2P/c1-51(35-19-7-3-8-20-35,36-21-9-4-10-22-36)37-31-29-34(30-32-37)47-49-45(33-17-5-2-6-18-33)44-46(50-47)40-25-13-16-28-43(40)48(44)41-26-14-11-23-38(41)39-24-12-15-27-42(39)48/h2-32H,1H2. The molecule has 0 bridgehead atoms. The minimum atomic E-state index is -2.12. The first-order valence-corrected chi connectivity index (χ1v) is 19.4. The zero-order valence-corrected chi connectivity index (χ0v) is 28.8. The second-order valence-corrected chi connectivity index (χ2v) is 16.6. The van der Waals surface area contributed by atoms with Crippen molar-refractivity contribution < 1.29 is 0 Å². The fourth-order valence-corrected chi connectivity index (χ4v) is 11.5. The molecule has 2 nitrogen and oxygen atoms in total. The molecule has 0 atom stereocenters. The van der Waals surface area contributed by atoms with E-state index in [1.54, 1.807) is 0 Å². The van der Waals surface area contributed by atoms with E-state index < -0.39 is 12.3 Å². The first-order valence-electron chi connectivity index (χ1n) is 17.4. The highest BCUT2D eigenvalue weighted by molar-refractivity contribution is 7.93. The van der Waals surface area contributed by atoms with Gasteiger partial charge in [0, 0.05) is 22.3 Å². The fourth-order valence-electron chi connectivity index (χ4n) is 8.57. The molecule has 7 aromatic carbocycles. The number of rotatable bonds is 5. The second kappa shape index (κ2) is 11.5. The van der Waals surface area contributed by atoms with Gasteiger partial charge in [0.15, 0.2) is 5.82 Å². The molecule has 2 aliphatic carbocycles. The van der Waals surface area contributed by atoms with Gasteiger partial charge in [-0.2, -0.15) is 0 Å². The van der Waals surface area contributed by atoms with Gasteiger partial charge in [-0.15, -0.1) is 0 Å². The Labute approximate surface area is 298 Å². The molecular weight excluding hydrogens is 636 g/mol. The Balaban J connectivity index is 1.22. The molecule has 0 unspecified atom stereocenters. The summed E-state index contributed by atoms with van der Waals surface area (Å²) in [6.07, 6.45) is 4.97. The van der Waals surface area contributed by atoms with Crippen LogP contribution in [0, 0.1) is 0 Å². The van der Waals surface area contributed by atoms with Gasteiger partial charge in [0.25, 0.3) is 0 Å². The molecule has 1 heterocycles. The van der Waals surface area contributed by atoms with Gasteiger partial charge in [0.1, 0.15) is 0 Å². The third kappa shape index (κ3) is 4.24. The Bertz CT molecular complexity index is 2560. The smallest absolute Gasteiger partial charge is 0.160 e. The van der Waals surface area contributed by atoms with Crippen molar-refractivity contribution in [1.82, 2.24) is 9.97 Å². The van der Waals surface area contributed by atoms with Gasteiger partial charge in [0.05, 0.1) is 16.8 Å². The number of hydrogen-bond acceptors (Lipinski definition) is 2. The monoisotopic (exact) mass is 668 g/mol. The highest BCUT2D eigenvalue weighted by Gasteiger charge is 2.54. The van der Waals surface area contributed by atoms with Crippen LogP contribution in [0.3, 0.4) is 0 Å². The highest BCUT2D eigenvalue weighted by atomic mass is 31.2. The highest BCUT2D eigenvalue weighted by Crippen LogP contribution is 2.64. The zero-order chi connectivity index (χ0) is 34.0. The Morgan fingerprint density at radius 1 is 0.373 bits per heavy atom. The second-order valence-electron chi connectivity index (χ2n) is 13.4. The maximum absolute atomic E-state index is 5.52. The summed E-state index contributed by atoms with van der Waals surface area (Å²) in [5.41, 5.74) is 12.2. The van der Waals surface area contributed by atoms with Crippen LogP contribution in [-0.4, -0.2) is 16.3 Å². The van der Waals surface area contributed by atoms with Crippen molar-refractivity contribution in [3.63, 3.8) is 0 Å². The molecule has 3 heteroatoms. The molecule has 0 radical (unpaired) electrons. The lowest BCUT2D eigenvalue weighted by molar-refractivity contribution is 0.788. The van der Waals surface area contributed by atoms with Crippen molar-refractivity contribution in [2.24, 2.45) is 0 Å². The van der Waals surface area contributed by atoms with Crippen molar-refractivity contribution in [3.8, 4) is 45.0 Å². The molecule has 0 aliphatic heterocycles. The minimum absolute atomic E-state index is 0.532. The maximum atomic E-state index is 5.52. The van der Waals surface area contributed by atoms with E-state index in [0.29, 0.717) is 0 Å². The normalized spacial score (nSPS) is 13.3. The predicted molar refractivity (Wildman–Crippen MR) is 215 cm³/mol. The fraction of sp³-hybridized carbons (Fsp3) is 0.0208. The molecule has 0 saturated carbocycles. The Kier molecular flexibility index (Phi) is 6.71. The SMILES string of the molecule is C=P(c1ccccc1)(c1ccccc1)c1ccc(-c2nc(-c3ccccc3)c3c(n2)-c2ccccc2C32c3ccccc3-c3ccccc32)cc1. The van der Waals surface area contributed by atoms with Gasteiger partial charge in [-0.3, -0.25) is 0 Å². The van der Waals surface area contributed by atoms with Crippen LogP contribution in [0.4, 0.5) is 0 Å². The van der Waals surface area contributed by atoms with E-state index in [-0.39, 0.29) is 0 Å². The number of fused-ring (bicyclic) bond motifs is 10. The zero-order valence-electron chi connectivity index (χ0n) is 27.9. The van der Waals surface area contributed by atoms with Crippen LogP contribution in [0.2, 0.25) is 0 Å². The molecule has 1 spiro atoms. The molecule has 0 N–H and O–H groups in total. The number of nitrogens with zero attached hydrogens (tertiary/aromatic N) is 2. The summed E-state index contributed by atoms with van der Waals surface area (Å²) >= 11 is 0. The molecule has 8 aromatic rings. The average Bonchev–Trinajstić information content (AvgIpc) is 3.69. The van der Waals surface area contributed by atoms with E-state index in [1.165, 1.54) is 43.7 Å². The van der Waals surface area contributed by atoms with Crippen molar-refractivity contribution >= 4 is 29.1 Å². The Morgan fingerprint density at radius 2 is 0.784 bits per heavy atom. The molecule has 240 valence electrons. The van der Waals surface area contributed by atoms with Gasteiger partial charge in [-0.05, 0) is 50.6 Å². The van der Waals surface area contributed by atoms with E-state index in [1.807, 2.05) is 0 Å². The Morgan fingerprint density at radius 3 is 1.33 bits per heavy atom. The number of aromatic nitrogens is 2. The molecule has 2 aliphatic rings. The lowest BCUT2D eigenvalue weighted by atomic mass is 9.69. The molecule has 0 saturated heterocycles. The van der Waals surface area contributed by atoms with Crippen molar-refractivity contribution in [1.29, 1.82) is 0 Å². The summed E-state index contributed by atoms with van der Waals surface area (Å²) < 4.78 is 0. The van der Waals surface area contributed by atoms with Gasteiger partial charge in [-0.1, -0.05) is 194 Å². The topological polar surface area (TPSA) is 25.8 Å². The van der Waals surface area contributed by atoms with E-state index in [9.17, 15) is 0 Å². The van der Waals surface area contributed by atoms with Crippen molar-refractivity contribution in [2.75, 3.05) is 0 Å². The van der Waals surface area contributed by atoms with Crippen LogP contribution in [0.25, 0.3) is 45.0 Å². The van der Waals surface area contributed by atoms with Crippen LogP contribution in [0.5, 0.6) is 0 Å². The molecular formula is C48H33N2P. The van der Waals surface area contributed by atoms with Gasteiger partial charge < -0.3 is 0 Å². The third-order valence-electron chi connectivity index (χ3n) is 10.8. The first-order chi connectivity index (χ1) is 25.2. The summed E-state index contributed by atoms with van der Waals surface area (Å²) in [5, 5.41) is 3.72. The third-order valence-corrected chi connectivity index (χ3v) is 14.4. The van der Waals surface area contributed by atoms with Crippen LogP contribution < -0.4 is 15.9 Å². The molecule has 0 amide bonds. The van der Waals surface area contributed by atoms with Crippen LogP contribution in [-0.2, 0) is 5.41 Å². The van der Waals surface area contributed by atoms with E-state index >= 15 is 0 Å². The molecule has 10 rings (SSSR count). The van der Waals surface area contributed by atoms with Crippen molar-refractivity contribution in [2.45, 2.75) is 5.41 Å². The molecule has 1 aromatic heterocycles. The van der Waals surface area contributed by atoms with Gasteiger partial charge in [0.2, 0.25) is 0 Å². The summed E-state index contributed by atoms with van der Waals surface area (Å²) in [6, 6.07) is 67.6. The largest absolute Gasteiger partial charge is 0.228 e. The first kappa shape index (κ1) is 29.8. The van der Waals surface area contributed by atoms with Gasteiger partial charge in [-0.25, -0.2) is 9.97 Å². The summed E-state index contributed by atoms with van der Waals surface area (Å²) in [6.45, 7) is -2.12. The minimum Gasteiger partial charge on any atom is -0.228 e. The summed E-state index contributed by atoms with van der Waals surface area (Å²) in [4.78, 5) is 11.0. The Hall–Kier alpha value is -6.08. The lowest BCUT2D eigenvalue weighted by Crippen LogP contribution is -2.27. The van der Waals surface area contributed by atoms with Crippen LogP contribution >= 0.6 is 6.89 Å². The quantitative estimate of drug-likeness (QED) is 0.171. The van der Waals surface area contributed by atoms with E-state index in [4.69, 9.17) is 16.3 Å². The average molecular weight is 669 g/mol. The van der Waals surface area contributed by atoms with Crippen LogP contribution in [0.1, 0.15) is 22.3 Å². The summed E-state index contributed by atoms with van der Waals surface area (Å²) in [7, 11) is 0. The van der Waals surface area contributed by atoms with Crippen LogP contribution in [0.15, 0.2) is 188 Å². The predicted octanol–water partition coefficient (Wildman–Crippen LogP) is 9.88. The molecule has 51 heavy (non-hydrogen) atoms. The summed E-state index contributed by atoms with van der Waals surface area (Å²) in [5.74, 6) is 0.720. The maximum Gasteiger partial charge on any atom is 0.160 e. The lowest BCUT2D eigenvalue weighted by Gasteiger charge is -2.31. The van der Waals surface area contributed by atoms with E-state index in [2.05, 4.69) is 188 Å². The molecule has 0 fully saturated rings. The van der Waals surface area contributed by atoms with E-state index in [0.717, 1.165) is 39.5 Å². The number of hydrogen-bond donors (Lipinski definition) is 0. The van der Waals surface area contributed by atoms with Gasteiger partial charge >= 0.3 is 0 Å². The number of benzene rings is 7.